The van der Waals surface area contributed by atoms with Crippen molar-refractivity contribution in [2.75, 3.05) is 6.54 Å². The Morgan fingerprint density at radius 3 is 2.60 bits per heavy atom. The van der Waals surface area contributed by atoms with Gasteiger partial charge in [-0.25, -0.2) is 0 Å². The van der Waals surface area contributed by atoms with Crippen LogP contribution in [0.15, 0.2) is 0 Å². The Bertz CT molecular complexity index is 125. The molecule has 89 valence electrons. The zero-order valence-electron chi connectivity index (χ0n) is 10.3. The second kappa shape index (κ2) is 9.21. The summed E-state index contributed by atoms with van der Waals surface area (Å²) in [5.74, 6) is 0. The summed E-state index contributed by atoms with van der Waals surface area (Å²) in [7, 11) is 0. The van der Waals surface area contributed by atoms with Gasteiger partial charge < -0.3 is 5.32 Å². The normalized spacial score (nSPS) is 22.6. The van der Waals surface area contributed by atoms with Crippen molar-refractivity contribution < 1.29 is 0 Å². The van der Waals surface area contributed by atoms with Crippen LogP contribution in [-0.2, 0) is 0 Å². The zero-order valence-corrected chi connectivity index (χ0v) is 10.3. The molecule has 0 spiro atoms. The minimum Gasteiger partial charge on any atom is -0.314 e. The van der Waals surface area contributed by atoms with Crippen LogP contribution >= 0.6 is 0 Å². The minimum absolute atomic E-state index is 0.834. The smallest absolute Gasteiger partial charge is 0.00670 e. The molecule has 0 aromatic rings. The lowest BCUT2D eigenvalue weighted by Crippen LogP contribution is -2.27. The number of unbranched alkanes of at least 4 members (excludes halogenated alkanes) is 5. The lowest BCUT2D eigenvalue weighted by atomic mass is 10.0. The van der Waals surface area contributed by atoms with Crippen molar-refractivity contribution in [3.8, 4) is 0 Å². The Hall–Kier alpha value is -0.0400. The van der Waals surface area contributed by atoms with E-state index in [9.17, 15) is 0 Å². The van der Waals surface area contributed by atoms with Crippen LogP contribution in [0.25, 0.3) is 0 Å². The maximum Gasteiger partial charge on any atom is 0.00670 e. The van der Waals surface area contributed by atoms with Gasteiger partial charge in [0.25, 0.3) is 0 Å². The van der Waals surface area contributed by atoms with E-state index in [0.29, 0.717) is 0 Å². The molecule has 1 rings (SSSR count). The van der Waals surface area contributed by atoms with Gasteiger partial charge in [-0.05, 0) is 25.8 Å². The lowest BCUT2D eigenvalue weighted by Gasteiger charge is -2.15. The predicted molar refractivity (Wildman–Crippen MR) is 67.9 cm³/mol. The molecule has 1 unspecified atom stereocenters. The summed E-state index contributed by atoms with van der Waals surface area (Å²) in [5, 5.41) is 3.67. The van der Waals surface area contributed by atoms with E-state index in [1.54, 1.807) is 0 Å². The average molecular weight is 210 g/mol. The summed E-state index contributed by atoms with van der Waals surface area (Å²) in [4.78, 5) is 0. The van der Waals surface area contributed by atoms with E-state index in [2.05, 4.69) is 12.2 Å². The largest absolute Gasteiger partial charge is 0.314 e. The topological polar surface area (TPSA) is 12.0 Å². The minimum atomic E-state index is 0.834. The van der Waals surface area contributed by atoms with Gasteiger partial charge in [0.2, 0.25) is 0 Å². The fourth-order valence-electron chi connectivity index (χ4n) is 2.45. The molecule has 0 amide bonds. The van der Waals surface area contributed by atoms with Gasteiger partial charge in [-0.1, -0.05) is 58.3 Å². The Labute approximate surface area is 96.0 Å². The van der Waals surface area contributed by atoms with E-state index < -0.39 is 0 Å². The zero-order chi connectivity index (χ0) is 10.8. The summed E-state index contributed by atoms with van der Waals surface area (Å²) >= 11 is 0. The third kappa shape index (κ3) is 6.94. The van der Waals surface area contributed by atoms with Crippen LogP contribution in [0.5, 0.6) is 0 Å². The first-order valence-corrected chi connectivity index (χ1v) is 6.96. The Balaban J connectivity index is 1.89. The first-order chi connectivity index (χ1) is 7.43. The van der Waals surface area contributed by atoms with E-state index in [1.165, 1.54) is 70.8 Å². The third-order valence-electron chi connectivity index (χ3n) is 3.46. The van der Waals surface area contributed by atoms with Gasteiger partial charge in [0.05, 0.1) is 0 Å². The van der Waals surface area contributed by atoms with Crippen LogP contribution in [0.1, 0.15) is 70.6 Å². The number of rotatable bonds is 7. The molecule has 1 heterocycles. The highest BCUT2D eigenvalue weighted by Crippen LogP contribution is 2.15. The summed E-state index contributed by atoms with van der Waals surface area (Å²) < 4.78 is 0. The molecule has 1 fully saturated rings. The van der Waals surface area contributed by atoms with Crippen molar-refractivity contribution in [3.05, 3.63) is 6.92 Å². The molecule has 0 aromatic carbocycles. The van der Waals surface area contributed by atoms with Crippen LogP contribution in [0, 0.1) is 6.92 Å². The molecule has 0 saturated carbocycles. The first kappa shape index (κ1) is 13.0. The fraction of sp³-hybridized carbons (Fsp3) is 0.929. The van der Waals surface area contributed by atoms with Crippen LogP contribution in [0.4, 0.5) is 0 Å². The average Bonchev–Trinajstić information content (AvgIpc) is 2.52. The lowest BCUT2D eigenvalue weighted by molar-refractivity contribution is 0.450. The quantitative estimate of drug-likeness (QED) is 0.624. The maximum atomic E-state index is 3.88. The third-order valence-corrected chi connectivity index (χ3v) is 3.46. The van der Waals surface area contributed by atoms with E-state index in [1.807, 2.05) is 0 Å². The van der Waals surface area contributed by atoms with E-state index in [-0.39, 0.29) is 0 Å². The molecule has 1 aliphatic heterocycles. The molecular weight excluding hydrogens is 182 g/mol. The van der Waals surface area contributed by atoms with Gasteiger partial charge in [0, 0.05) is 6.04 Å². The van der Waals surface area contributed by atoms with Gasteiger partial charge in [0.15, 0.2) is 0 Å². The highest BCUT2D eigenvalue weighted by molar-refractivity contribution is 4.70. The molecule has 15 heavy (non-hydrogen) atoms. The predicted octanol–water partition coefficient (Wildman–Crippen LogP) is 4.08. The first-order valence-electron chi connectivity index (χ1n) is 6.96. The van der Waals surface area contributed by atoms with Crippen molar-refractivity contribution in [2.24, 2.45) is 0 Å². The summed E-state index contributed by atoms with van der Waals surface area (Å²) in [6.45, 7) is 5.13. The molecule has 1 heteroatoms. The molecule has 1 radical (unpaired) electrons. The van der Waals surface area contributed by atoms with Gasteiger partial charge in [-0.2, -0.15) is 0 Å². The highest BCUT2D eigenvalue weighted by Gasteiger charge is 2.10. The molecule has 0 aliphatic carbocycles. The van der Waals surface area contributed by atoms with Crippen molar-refractivity contribution in [2.45, 2.75) is 76.7 Å². The Morgan fingerprint density at radius 2 is 1.73 bits per heavy atom. The molecule has 1 nitrogen and oxygen atoms in total. The standard InChI is InChI=1S/C14H28N/c1-2-3-4-5-6-8-11-14-12-9-7-10-13-15-14/h14-15H,1-13H2. The summed E-state index contributed by atoms with van der Waals surface area (Å²) in [6.07, 6.45) is 15.2. The Morgan fingerprint density at radius 1 is 0.933 bits per heavy atom. The van der Waals surface area contributed by atoms with Gasteiger partial charge in [-0.3, -0.25) is 0 Å². The summed E-state index contributed by atoms with van der Waals surface area (Å²) in [5.41, 5.74) is 0. The molecule has 0 aromatic heterocycles. The van der Waals surface area contributed by atoms with Gasteiger partial charge in [-0.15, -0.1) is 0 Å². The van der Waals surface area contributed by atoms with Gasteiger partial charge in [0.1, 0.15) is 0 Å². The molecule has 1 aliphatic rings. The van der Waals surface area contributed by atoms with Gasteiger partial charge >= 0.3 is 0 Å². The molecule has 1 saturated heterocycles. The number of hydrogen-bond donors (Lipinski definition) is 1. The second-order valence-electron chi connectivity index (χ2n) is 4.91. The van der Waals surface area contributed by atoms with Crippen LogP contribution in [0.2, 0.25) is 0 Å². The Kier molecular flexibility index (Phi) is 7.99. The molecular formula is C14H28N. The molecule has 0 bridgehead atoms. The SMILES string of the molecule is [CH2]CCCCCCCC1CCCCCN1. The van der Waals surface area contributed by atoms with Crippen LogP contribution < -0.4 is 5.32 Å². The van der Waals surface area contributed by atoms with Crippen molar-refractivity contribution in [1.29, 1.82) is 0 Å². The van der Waals surface area contributed by atoms with E-state index >= 15 is 0 Å². The van der Waals surface area contributed by atoms with E-state index in [0.717, 1.165) is 12.5 Å². The van der Waals surface area contributed by atoms with Crippen LogP contribution in [-0.4, -0.2) is 12.6 Å². The van der Waals surface area contributed by atoms with Crippen molar-refractivity contribution >= 4 is 0 Å². The van der Waals surface area contributed by atoms with Crippen molar-refractivity contribution in [3.63, 3.8) is 0 Å². The number of hydrogen-bond acceptors (Lipinski definition) is 1. The molecule has 1 N–H and O–H groups in total. The maximum absolute atomic E-state index is 3.88. The van der Waals surface area contributed by atoms with Crippen LogP contribution in [0.3, 0.4) is 0 Å². The summed E-state index contributed by atoms with van der Waals surface area (Å²) in [6, 6.07) is 0.834. The number of nitrogens with one attached hydrogen (secondary N) is 1. The highest BCUT2D eigenvalue weighted by atomic mass is 14.9. The monoisotopic (exact) mass is 210 g/mol. The fourth-order valence-corrected chi connectivity index (χ4v) is 2.45. The van der Waals surface area contributed by atoms with Crippen molar-refractivity contribution in [1.82, 2.24) is 5.32 Å². The second-order valence-corrected chi connectivity index (χ2v) is 4.91. The molecule has 1 atom stereocenters. The van der Waals surface area contributed by atoms with E-state index in [4.69, 9.17) is 0 Å².